The van der Waals surface area contributed by atoms with E-state index in [4.69, 9.17) is 4.74 Å². The summed E-state index contributed by atoms with van der Waals surface area (Å²) >= 11 is 0. The SMILES string of the molecule is COC1CC(C(=O)O)N(C(=O)c2ccccc2[N+](=O)[O-])C1. The third-order valence-electron chi connectivity index (χ3n) is 3.47. The molecule has 112 valence electrons. The molecule has 0 spiro atoms. The lowest BCUT2D eigenvalue weighted by Gasteiger charge is -2.21. The van der Waals surface area contributed by atoms with E-state index in [0.717, 1.165) is 4.90 Å². The van der Waals surface area contributed by atoms with Gasteiger partial charge < -0.3 is 14.7 Å². The number of carbonyl (C=O) groups is 2. The molecule has 1 fully saturated rings. The Balaban J connectivity index is 2.35. The van der Waals surface area contributed by atoms with Crippen molar-refractivity contribution >= 4 is 17.6 Å². The van der Waals surface area contributed by atoms with E-state index in [0.29, 0.717) is 0 Å². The number of nitrogens with zero attached hydrogens (tertiary/aromatic N) is 2. The fraction of sp³-hybridized carbons (Fsp3) is 0.385. The molecular weight excluding hydrogens is 280 g/mol. The van der Waals surface area contributed by atoms with Gasteiger partial charge in [0, 0.05) is 26.1 Å². The minimum absolute atomic E-state index is 0.0956. The van der Waals surface area contributed by atoms with E-state index in [1.54, 1.807) is 0 Å². The van der Waals surface area contributed by atoms with E-state index in [1.165, 1.54) is 31.4 Å². The maximum absolute atomic E-state index is 12.5. The Morgan fingerprint density at radius 2 is 2.10 bits per heavy atom. The fourth-order valence-electron chi connectivity index (χ4n) is 2.40. The summed E-state index contributed by atoms with van der Waals surface area (Å²) in [4.78, 5) is 35.1. The largest absolute Gasteiger partial charge is 0.480 e. The first-order valence-electron chi connectivity index (χ1n) is 6.25. The molecule has 1 aliphatic rings. The van der Waals surface area contributed by atoms with Crippen LogP contribution >= 0.6 is 0 Å². The van der Waals surface area contributed by atoms with Crippen molar-refractivity contribution in [3.05, 3.63) is 39.9 Å². The van der Waals surface area contributed by atoms with Crippen molar-refractivity contribution in [2.45, 2.75) is 18.6 Å². The number of hydrogen-bond acceptors (Lipinski definition) is 5. The number of ether oxygens (including phenoxy) is 1. The summed E-state index contributed by atoms with van der Waals surface area (Å²) in [6, 6.07) is 4.44. The molecule has 0 radical (unpaired) electrons. The smallest absolute Gasteiger partial charge is 0.326 e. The molecular formula is C13H14N2O6. The number of nitro benzene ring substituents is 1. The molecule has 1 amide bonds. The molecule has 0 aliphatic carbocycles. The standard InChI is InChI=1S/C13H14N2O6/c1-21-8-6-11(13(17)18)14(7-8)12(16)9-4-2-3-5-10(9)15(19)20/h2-5,8,11H,6-7H2,1H3,(H,17,18). The summed E-state index contributed by atoms with van der Waals surface area (Å²) in [6.45, 7) is 0.0956. The number of para-hydroxylation sites is 1. The van der Waals surface area contributed by atoms with Crippen molar-refractivity contribution in [3.8, 4) is 0 Å². The van der Waals surface area contributed by atoms with Gasteiger partial charge in [0.1, 0.15) is 11.6 Å². The van der Waals surface area contributed by atoms with Gasteiger partial charge >= 0.3 is 5.97 Å². The number of hydrogen-bond donors (Lipinski definition) is 1. The average Bonchev–Trinajstić information content (AvgIpc) is 2.91. The summed E-state index contributed by atoms with van der Waals surface area (Å²) in [5.74, 6) is -1.82. The Hall–Kier alpha value is -2.48. The van der Waals surface area contributed by atoms with Gasteiger partial charge in [-0.25, -0.2) is 4.79 Å². The maximum Gasteiger partial charge on any atom is 0.326 e. The molecule has 2 atom stereocenters. The lowest BCUT2D eigenvalue weighted by atomic mass is 10.1. The molecule has 1 aromatic carbocycles. The lowest BCUT2D eigenvalue weighted by molar-refractivity contribution is -0.385. The van der Waals surface area contributed by atoms with Gasteiger partial charge in [0.2, 0.25) is 0 Å². The van der Waals surface area contributed by atoms with E-state index in [2.05, 4.69) is 0 Å². The monoisotopic (exact) mass is 294 g/mol. The van der Waals surface area contributed by atoms with Gasteiger partial charge in [-0.05, 0) is 6.07 Å². The normalized spacial score (nSPS) is 21.3. The van der Waals surface area contributed by atoms with Crippen LogP contribution in [0.25, 0.3) is 0 Å². The Morgan fingerprint density at radius 3 is 2.67 bits per heavy atom. The molecule has 1 aliphatic heterocycles. The zero-order valence-electron chi connectivity index (χ0n) is 11.3. The summed E-state index contributed by atoms with van der Waals surface area (Å²) in [6.07, 6.45) is -0.226. The van der Waals surface area contributed by atoms with Gasteiger partial charge in [-0.15, -0.1) is 0 Å². The number of carboxylic acids is 1. The zero-order chi connectivity index (χ0) is 15.6. The molecule has 1 aromatic rings. The summed E-state index contributed by atoms with van der Waals surface area (Å²) < 4.78 is 5.09. The molecule has 2 unspecified atom stereocenters. The number of benzene rings is 1. The molecule has 1 saturated heterocycles. The Labute approximate surface area is 120 Å². The Kier molecular flexibility index (Phi) is 4.18. The van der Waals surface area contributed by atoms with Crippen molar-refractivity contribution in [1.29, 1.82) is 0 Å². The van der Waals surface area contributed by atoms with E-state index >= 15 is 0 Å². The number of methoxy groups -OCH3 is 1. The van der Waals surface area contributed by atoms with Crippen molar-refractivity contribution in [3.63, 3.8) is 0 Å². The van der Waals surface area contributed by atoms with Crippen molar-refractivity contribution in [1.82, 2.24) is 4.90 Å². The van der Waals surface area contributed by atoms with Crippen LogP contribution in [0.2, 0.25) is 0 Å². The minimum atomic E-state index is -1.15. The molecule has 0 saturated carbocycles. The van der Waals surface area contributed by atoms with Gasteiger partial charge in [0.05, 0.1) is 11.0 Å². The number of carboxylic acid groups (broad SMARTS) is 1. The van der Waals surface area contributed by atoms with Crippen LogP contribution in [-0.2, 0) is 9.53 Å². The van der Waals surface area contributed by atoms with Crippen LogP contribution in [0.1, 0.15) is 16.8 Å². The third kappa shape index (κ3) is 2.84. The number of carbonyl (C=O) groups excluding carboxylic acids is 1. The van der Waals surface area contributed by atoms with Gasteiger partial charge in [0.25, 0.3) is 11.6 Å². The number of amides is 1. The first-order chi connectivity index (χ1) is 9.95. The molecule has 21 heavy (non-hydrogen) atoms. The molecule has 1 heterocycles. The van der Waals surface area contributed by atoms with Gasteiger partial charge in [0.15, 0.2) is 0 Å². The van der Waals surface area contributed by atoms with E-state index in [9.17, 15) is 24.8 Å². The molecule has 8 heteroatoms. The predicted octanol–water partition coefficient (Wildman–Crippen LogP) is 0.909. The van der Waals surface area contributed by atoms with Gasteiger partial charge in [-0.3, -0.25) is 14.9 Å². The van der Waals surface area contributed by atoms with Crippen LogP contribution < -0.4 is 0 Å². The highest BCUT2D eigenvalue weighted by Crippen LogP contribution is 2.26. The average molecular weight is 294 g/mol. The highest BCUT2D eigenvalue weighted by molar-refractivity contribution is 6.00. The summed E-state index contributed by atoms with van der Waals surface area (Å²) in [5, 5.41) is 20.2. The number of aliphatic carboxylic acids is 1. The van der Waals surface area contributed by atoms with Crippen LogP contribution in [-0.4, -0.2) is 52.6 Å². The third-order valence-corrected chi connectivity index (χ3v) is 3.47. The van der Waals surface area contributed by atoms with Gasteiger partial charge in [-0.2, -0.15) is 0 Å². The zero-order valence-corrected chi connectivity index (χ0v) is 11.3. The predicted molar refractivity (Wildman–Crippen MR) is 71.0 cm³/mol. The van der Waals surface area contributed by atoms with E-state index < -0.39 is 28.9 Å². The summed E-state index contributed by atoms with van der Waals surface area (Å²) in [5.41, 5.74) is -0.460. The first kappa shape index (κ1) is 14.9. The lowest BCUT2D eigenvalue weighted by Crippen LogP contribution is -2.40. The topological polar surface area (TPSA) is 110 Å². The van der Waals surface area contributed by atoms with Crippen molar-refractivity contribution < 1.29 is 24.4 Å². The Morgan fingerprint density at radius 1 is 1.43 bits per heavy atom. The van der Waals surface area contributed by atoms with Crippen LogP contribution in [0, 0.1) is 10.1 Å². The van der Waals surface area contributed by atoms with Gasteiger partial charge in [-0.1, -0.05) is 12.1 Å². The second-order valence-electron chi connectivity index (χ2n) is 4.68. The Bertz CT molecular complexity index is 588. The van der Waals surface area contributed by atoms with Crippen LogP contribution in [0.15, 0.2) is 24.3 Å². The molecule has 8 nitrogen and oxygen atoms in total. The quantitative estimate of drug-likeness (QED) is 0.652. The van der Waals surface area contributed by atoms with Crippen molar-refractivity contribution in [2.24, 2.45) is 0 Å². The van der Waals surface area contributed by atoms with Crippen LogP contribution in [0.4, 0.5) is 5.69 Å². The highest BCUT2D eigenvalue weighted by atomic mass is 16.6. The molecule has 2 rings (SSSR count). The van der Waals surface area contributed by atoms with Crippen LogP contribution in [0.5, 0.6) is 0 Å². The number of rotatable bonds is 4. The molecule has 1 N–H and O–H groups in total. The van der Waals surface area contributed by atoms with Crippen molar-refractivity contribution in [2.75, 3.05) is 13.7 Å². The fourth-order valence-corrected chi connectivity index (χ4v) is 2.40. The maximum atomic E-state index is 12.5. The van der Waals surface area contributed by atoms with E-state index in [1.807, 2.05) is 0 Å². The number of nitro groups is 1. The minimum Gasteiger partial charge on any atom is -0.480 e. The van der Waals surface area contributed by atoms with E-state index in [-0.39, 0.29) is 24.2 Å². The second kappa shape index (κ2) is 5.88. The first-order valence-corrected chi connectivity index (χ1v) is 6.25. The number of likely N-dealkylation sites (tertiary alicyclic amines) is 1. The highest BCUT2D eigenvalue weighted by Gasteiger charge is 2.41. The van der Waals surface area contributed by atoms with Crippen LogP contribution in [0.3, 0.4) is 0 Å². The second-order valence-corrected chi connectivity index (χ2v) is 4.68. The summed E-state index contributed by atoms with van der Waals surface area (Å²) in [7, 11) is 1.43. The molecule has 0 bridgehead atoms. The molecule has 0 aromatic heterocycles.